The Labute approximate surface area is 164 Å². The molecular formula is C19H15ClNO4PS. The quantitative estimate of drug-likeness (QED) is 0.419. The van der Waals surface area contributed by atoms with Gasteiger partial charge in [0.05, 0.1) is 5.92 Å². The first-order chi connectivity index (χ1) is 13.0. The summed E-state index contributed by atoms with van der Waals surface area (Å²) in [6.45, 7) is 0. The second-order valence-electron chi connectivity index (χ2n) is 6.12. The van der Waals surface area contributed by atoms with Crippen LogP contribution in [-0.2, 0) is 9.36 Å². The van der Waals surface area contributed by atoms with E-state index >= 15 is 0 Å². The molecule has 8 heteroatoms. The van der Waals surface area contributed by atoms with Gasteiger partial charge in [-0.3, -0.25) is 14.7 Å². The van der Waals surface area contributed by atoms with E-state index in [0.29, 0.717) is 22.1 Å². The predicted octanol–water partition coefficient (Wildman–Crippen LogP) is 5.49. The van der Waals surface area contributed by atoms with Crippen molar-refractivity contribution in [1.29, 1.82) is 0 Å². The van der Waals surface area contributed by atoms with E-state index in [1.165, 1.54) is 11.3 Å². The summed E-state index contributed by atoms with van der Waals surface area (Å²) in [5.74, 6) is -0.857. The molecule has 2 aromatic heterocycles. The minimum atomic E-state index is -2.87. The summed E-state index contributed by atoms with van der Waals surface area (Å²) in [5, 5.41) is 6.82. The van der Waals surface area contributed by atoms with Gasteiger partial charge in [0.25, 0.3) is 0 Å². The topological polar surface area (TPSA) is 79.5 Å². The summed E-state index contributed by atoms with van der Waals surface area (Å²) in [4.78, 5) is 22.4. The zero-order valence-corrected chi connectivity index (χ0v) is 16.5. The van der Waals surface area contributed by atoms with Crippen molar-refractivity contribution in [3.8, 4) is 0 Å². The maximum atomic E-state index is 12.9. The number of carbonyl (C=O) groups excluding carboxylic acids is 1. The molecule has 0 fully saturated rings. The summed E-state index contributed by atoms with van der Waals surface area (Å²) in [7, 11) is -2.87. The number of carbonyl (C=O) groups is 1. The van der Waals surface area contributed by atoms with Crippen molar-refractivity contribution in [2.24, 2.45) is 0 Å². The van der Waals surface area contributed by atoms with Gasteiger partial charge in [0, 0.05) is 27.3 Å². The SMILES string of the molecule is O=C(Nc1cc2ccccc2o1)C(C[PH](=O)O)c1csc2ccc(Cl)cc12. The van der Waals surface area contributed by atoms with Crippen LogP contribution in [0.1, 0.15) is 11.5 Å². The zero-order valence-electron chi connectivity index (χ0n) is 13.9. The summed E-state index contributed by atoms with van der Waals surface area (Å²) in [6, 6.07) is 14.6. The lowest BCUT2D eigenvalue weighted by Crippen LogP contribution is -2.22. The van der Waals surface area contributed by atoms with E-state index in [-0.39, 0.29) is 12.1 Å². The number of anilines is 1. The lowest BCUT2D eigenvalue weighted by atomic mass is 9.99. The van der Waals surface area contributed by atoms with Crippen LogP contribution in [0.2, 0.25) is 5.02 Å². The molecule has 0 bridgehead atoms. The number of fused-ring (bicyclic) bond motifs is 2. The van der Waals surface area contributed by atoms with E-state index < -0.39 is 13.9 Å². The molecule has 0 radical (unpaired) electrons. The van der Waals surface area contributed by atoms with Gasteiger partial charge in [0.15, 0.2) is 8.03 Å². The molecule has 4 aromatic rings. The molecule has 1 amide bonds. The molecule has 0 aliphatic carbocycles. The maximum absolute atomic E-state index is 12.9. The predicted molar refractivity (Wildman–Crippen MR) is 111 cm³/mol. The molecule has 2 unspecified atom stereocenters. The minimum Gasteiger partial charge on any atom is -0.440 e. The molecule has 0 saturated heterocycles. The highest BCUT2D eigenvalue weighted by molar-refractivity contribution is 7.38. The number of rotatable bonds is 5. The number of thiophene rings is 1. The van der Waals surface area contributed by atoms with Crippen LogP contribution in [0.25, 0.3) is 21.1 Å². The Balaban J connectivity index is 1.69. The van der Waals surface area contributed by atoms with E-state index in [4.69, 9.17) is 16.0 Å². The molecule has 2 atom stereocenters. The van der Waals surface area contributed by atoms with E-state index in [2.05, 4.69) is 5.32 Å². The minimum absolute atomic E-state index is 0.144. The summed E-state index contributed by atoms with van der Waals surface area (Å²) in [5.41, 5.74) is 1.35. The fourth-order valence-corrected chi connectivity index (χ4v) is 4.98. The highest BCUT2D eigenvalue weighted by atomic mass is 35.5. The molecule has 2 N–H and O–H groups in total. The van der Waals surface area contributed by atoms with E-state index in [1.54, 1.807) is 18.2 Å². The van der Waals surface area contributed by atoms with E-state index in [0.717, 1.165) is 15.5 Å². The molecule has 2 heterocycles. The highest BCUT2D eigenvalue weighted by Crippen LogP contribution is 2.37. The Morgan fingerprint density at radius 3 is 2.85 bits per heavy atom. The molecule has 0 spiro atoms. The van der Waals surface area contributed by atoms with Crippen LogP contribution < -0.4 is 5.32 Å². The van der Waals surface area contributed by atoms with Crippen LogP contribution in [0.5, 0.6) is 0 Å². The number of furan rings is 1. The Morgan fingerprint density at radius 2 is 2.07 bits per heavy atom. The smallest absolute Gasteiger partial charge is 0.234 e. The largest absolute Gasteiger partial charge is 0.440 e. The second kappa shape index (κ2) is 7.49. The van der Waals surface area contributed by atoms with Crippen LogP contribution in [0, 0.1) is 0 Å². The Morgan fingerprint density at radius 1 is 1.26 bits per heavy atom. The van der Waals surface area contributed by atoms with Crippen molar-refractivity contribution < 1.29 is 18.7 Å². The van der Waals surface area contributed by atoms with Crippen molar-refractivity contribution in [3.05, 3.63) is 64.5 Å². The van der Waals surface area contributed by atoms with Gasteiger partial charge in [0.1, 0.15) is 5.58 Å². The average molecular weight is 420 g/mol. The third-order valence-corrected chi connectivity index (χ3v) is 6.28. The molecule has 0 saturated carbocycles. The van der Waals surface area contributed by atoms with Gasteiger partial charge < -0.3 is 9.31 Å². The van der Waals surface area contributed by atoms with E-state index in [9.17, 15) is 14.3 Å². The van der Waals surface area contributed by atoms with Crippen LogP contribution in [0.3, 0.4) is 0 Å². The van der Waals surface area contributed by atoms with Gasteiger partial charge >= 0.3 is 0 Å². The first-order valence-corrected chi connectivity index (χ1v) is 11.0. The van der Waals surface area contributed by atoms with Crippen molar-refractivity contribution in [1.82, 2.24) is 0 Å². The van der Waals surface area contributed by atoms with Gasteiger partial charge in [-0.25, -0.2) is 0 Å². The third-order valence-electron chi connectivity index (χ3n) is 4.31. The van der Waals surface area contributed by atoms with Gasteiger partial charge in [-0.15, -0.1) is 11.3 Å². The lowest BCUT2D eigenvalue weighted by molar-refractivity contribution is -0.117. The molecule has 0 aliphatic heterocycles. The second-order valence-corrected chi connectivity index (χ2v) is 8.66. The Bertz CT molecular complexity index is 1140. The van der Waals surface area contributed by atoms with Crippen LogP contribution >= 0.6 is 31.0 Å². The summed E-state index contributed by atoms with van der Waals surface area (Å²) >= 11 is 7.57. The van der Waals surface area contributed by atoms with Gasteiger partial charge in [-0.2, -0.15) is 0 Å². The Kier molecular flexibility index (Phi) is 5.06. The molecule has 4 rings (SSSR count). The standard InChI is InChI=1S/C19H15ClNO4PS/c20-12-5-6-17-13(8-12)15(10-27-17)14(9-26(23)24)19(22)21-18-7-11-3-1-2-4-16(11)25-18/h1-8,10,14,26H,9H2,(H,21,22)(H,23,24). The summed E-state index contributed by atoms with van der Waals surface area (Å²) in [6.07, 6.45) is -0.144. The van der Waals surface area contributed by atoms with Crippen LogP contribution in [0.4, 0.5) is 5.88 Å². The summed E-state index contributed by atoms with van der Waals surface area (Å²) < 4.78 is 18.2. The molecular weight excluding hydrogens is 405 g/mol. The normalized spacial score (nSPS) is 13.7. The van der Waals surface area contributed by atoms with Gasteiger partial charge in [0.2, 0.25) is 11.8 Å². The number of halogens is 1. The maximum Gasteiger partial charge on any atom is 0.234 e. The van der Waals surface area contributed by atoms with Crippen molar-refractivity contribution in [3.63, 3.8) is 0 Å². The number of hydrogen-bond donors (Lipinski definition) is 2. The van der Waals surface area contributed by atoms with E-state index in [1.807, 2.05) is 35.7 Å². The molecule has 5 nitrogen and oxygen atoms in total. The van der Waals surface area contributed by atoms with Crippen molar-refractivity contribution in [2.75, 3.05) is 11.5 Å². The van der Waals surface area contributed by atoms with Gasteiger partial charge in [-0.1, -0.05) is 29.8 Å². The Hall–Kier alpha value is -2.11. The van der Waals surface area contributed by atoms with Crippen LogP contribution in [0.15, 0.2) is 58.3 Å². The fraction of sp³-hybridized carbons (Fsp3) is 0.105. The molecule has 27 heavy (non-hydrogen) atoms. The number of amides is 1. The number of benzene rings is 2. The number of nitrogens with one attached hydrogen (secondary N) is 1. The lowest BCUT2D eigenvalue weighted by Gasteiger charge is -2.14. The third kappa shape index (κ3) is 3.80. The average Bonchev–Trinajstić information content (AvgIpc) is 3.22. The number of para-hydroxylation sites is 1. The zero-order chi connectivity index (χ0) is 19.0. The first-order valence-electron chi connectivity index (χ1n) is 8.19. The monoisotopic (exact) mass is 419 g/mol. The molecule has 2 aromatic carbocycles. The highest BCUT2D eigenvalue weighted by Gasteiger charge is 2.26. The first kappa shape index (κ1) is 18.3. The van der Waals surface area contributed by atoms with Crippen LogP contribution in [-0.4, -0.2) is 17.0 Å². The van der Waals surface area contributed by atoms with Crippen molar-refractivity contribution in [2.45, 2.75) is 5.92 Å². The molecule has 138 valence electrons. The number of hydrogen-bond acceptors (Lipinski definition) is 4. The van der Waals surface area contributed by atoms with Crippen molar-refractivity contribution >= 4 is 63.8 Å². The molecule has 0 aliphatic rings. The van der Waals surface area contributed by atoms with Gasteiger partial charge in [-0.05, 0) is 40.6 Å². The fourth-order valence-electron chi connectivity index (χ4n) is 3.06.